The summed E-state index contributed by atoms with van der Waals surface area (Å²) < 4.78 is 5.56. The number of ether oxygens (including phenoxy) is 1. The Bertz CT molecular complexity index is 979. The lowest BCUT2D eigenvalue weighted by Gasteiger charge is -2.27. The van der Waals surface area contributed by atoms with E-state index >= 15 is 0 Å². The molecule has 29 heavy (non-hydrogen) atoms. The zero-order valence-electron chi connectivity index (χ0n) is 16.8. The minimum absolute atomic E-state index is 0.00287. The number of aryl methyl sites for hydroxylation is 2. The molecule has 1 aromatic carbocycles. The summed E-state index contributed by atoms with van der Waals surface area (Å²) in [6, 6.07) is 5.53. The van der Waals surface area contributed by atoms with Crippen LogP contribution in [0.1, 0.15) is 45.8 Å². The van der Waals surface area contributed by atoms with Crippen LogP contribution >= 0.6 is 11.3 Å². The summed E-state index contributed by atoms with van der Waals surface area (Å²) >= 11 is 1.23. The number of ketones is 1. The van der Waals surface area contributed by atoms with Crippen molar-refractivity contribution in [2.45, 2.75) is 39.8 Å². The van der Waals surface area contributed by atoms with Crippen molar-refractivity contribution in [3.8, 4) is 5.75 Å². The highest BCUT2D eigenvalue weighted by Crippen LogP contribution is 2.40. The van der Waals surface area contributed by atoms with Crippen molar-refractivity contribution in [1.82, 2.24) is 9.88 Å². The molecule has 0 radical (unpaired) electrons. The summed E-state index contributed by atoms with van der Waals surface area (Å²) in [7, 11) is 0. The van der Waals surface area contributed by atoms with Gasteiger partial charge >= 0.3 is 0 Å². The van der Waals surface area contributed by atoms with Crippen molar-refractivity contribution in [2.24, 2.45) is 0 Å². The average Bonchev–Trinajstić information content (AvgIpc) is 3.11. The second-order valence-electron chi connectivity index (χ2n) is 7.15. The van der Waals surface area contributed by atoms with Crippen molar-refractivity contribution in [3.05, 3.63) is 56.7 Å². The molecule has 1 aliphatic rings. The number of hydrogen-bond acceptors (Lipinski definition) is 7. The number of Topliss-reactive ketones (excluding diaryl/α,β-unsaturated/α-hetero) is 1. The zero-order chi connectivity index (χ0) is 21.3. The fraction of sp³-hybridized carbons (Fsp3) is 0.381. The number of hydrogen-bond donors (Lipinski definition) is 2. The normalized spacial score (nSPS) is 16.9. The Labute approximate surface area is 173 Å². The van der Waals surface area contributed by atoms with E-state index in [1.807, 2.05) is 13.8 Å². The first-order valence-electron chi connectivity index (χ1n) is 9.34. The molecule has 0 bridgehead atoms. The molecule has 3 rings (SSSR count). The maximum Gasteiger partial charge on any atom is 0.290 e. The van der Waals surface area contributed by atoms with Crippen LogP contribution in [0.2, 0.25) is 0 Å². The van der Waals surface area contributed by atoms with E-state index in [0.717, 1.165) is 5.01 Å². The molecule has 0 fully saturated rings. The van der Waals surface area contributed by atoms with Gasteiger partial charge in [0.2, 0.25) is 5.78 Å². The largest absolute Gasteiger partial charge is 0.508 e. The fourth-order valence-electron chi connectivity index (χ4n) is 3.41. The Morgan fingerprint density at radius 2 is 2.03 bits per heavy atom. The van der Waals surface area contributed by atoms with Gasteiger partial charge in [0, 0.05) is 6.54 Å². The van der Waals surface area contributed by atoms with Gasteiger partial charge in [0.15, 0.2) is 5.76 Å². The first kappa shape index (κ1) is 21.0. The van der Waals surface area contributed by atoms with Gasteiger partial charge in [0.25, 0.3) is 5.91 Å². The maximum absolute atomic E-state index is 13.3. The molecule has 1 unspecified atom stereocenters. The number of aromatic hydroxyl groups is 1. The van der Waals surface area contributed by atoms with Gasteiger partial charge in [0.1, 0.15) is 5.75 Å². The van der Waals surface area contributed by atoms with Crippen molar-refractivity contribution >= 4 is 23.0 Å². The number of phenols is 1. The molecule has 154 valence electrons. The predicted molar refractivity (Wildman–Crippen MR) is 109 cm³/mol. The standard InChI is InChI=1S/C21H24N2O5S/c1-11(2)28-9-8-23-17(14-6-5-7-15(24)10-14)16(19(26)21(23)27)18(25)20-12(3)22-13(4)29-20/h5-7,10-11,17,24,26H,8-9H2,1-4H3. The molecule has 1 aromatic heterocycles. The number of carbonyl (C=O) groups is 2. The molecule has 0 aliphatic carbocycles. The molecule has 0 saturated carbocycles. The number of amides is 1. The molecule has 1 atom stereocenters. The molecular formula is C21H24N2O5S. The first-order valence-corrected chi connectivity index (χ1v) is 10.2. The predicted octanol–water partition coefficient (Wildman–Crippen LogP) is 3.47. The van der Waals surface area contributed by atoms with Crippen LogP contribution < -0.4 is 0 Å². The minimum atomic E-state index is -0.820. The zero-order valence-corrected chi connectivity index (χ0v) is 17.6. The number of aliphatic hydroxyl groups is 1. The lowest BCUT2D eigenvalue weighted by molar-refractivity contribution is -0.130. The number of benzene rings is 1. The van der Waals surface area contributed by atoms with Crippen LogP contribution in [0.25, 0.3) is 0 Å². The summed E-state index contributed by atoms with van der Waals surface area (Å²) in [6.07, 6.45) is -0.0163. The van der Waals surface area contributed by atoms with E-state index in [0.29, 0.717) is 16.1 Å². The summed E-state index contributed by atoms with van der Waals surface area (Å²) in [6.45, 7) is 7.74. The Morgan fingerprint density at radius 1 is 1.31 bits per heavy atom. The SMILES string of the molecule is Cc1nc(C)c(C(=O)C2=C(O)C(=O)N(CCOC(C)C)C2c2cccc(O)c2)s1. The highest BCUT2D eigenvalue weighted by molar-refractivity contribution is 7.14. The van der Waals surface area contributed by atoms with E-state index in [1.165, 1.54) is 28.4 Å². The third-order valence-electron chi connectivity index (χ3n) is 4.63. The van der Waals surface area contributed by atoms with E-state index in [2.05, 4.69) is 4.98 Å². The minimum Gasteiger partial charge on any atom is -0.508 e. The monoisotopic (exact) mass is 416 g/mol. The number of phenolic OH excluding ortho intramolecular Hbond substituents is 1. The second kappa shape index (κ2) is 8.34. The van der Waals surface area contributed by atoms with Gasteiger partial charge in [0.05, 0.1) is 39.9 Å². The van der Waals surface area contributed by atoms with Crippen LogP contribution in [-0.4, -0.2) is 51.0 Å². The smallest absolute Gasteiger partial charge is 0.290 e. The lowest BCUT2D eigenvalue weighted by atomic mass is 9.95. The second-order valence-corrected chi connectivity index (χ2v) is 8.36. The van der Waals surface area contributed by atoms with E-state index in [1.54, 1.807) is 26.0 Å². The van der Waals surface area contributed by atoms with Crippen LogP contribution in [0.3, 0.4) is 0 Å². The number of carbonyl (C=O) groups excluding carboxylic acids is 2. The van der Waals surface area contributed by atoms with Crippen LogP contribution in [0, 0.1) is 13.8 Å². The average molecular weight is 416 g/mol. The molecule has 2 aromatic rings. The van der Waals surface area contributed by atoms with Crippen molar-refractivity contribution in [1.29, 1.82) is 0 Å². The van der Waals surface area contributed by atoms with Gasteiger partial charge in [-0.2, -0.15) is 0 Å². The van der Waals surface area contributed by atoms with Gasteiger partial charge in [-0.05, 0) is 45.4 Å². The Kier molecular flexibility index (Phi) is 6.04. The van der Waals surface area contributed by atoms with Gasteiger partial charge in [-0.25, -0.2) is 4.98 Å². The highest BCUT2D eigenvalue weighted by atomic mass is 32.1. The summed E-state index contributed by atoms with van der Waals surface area (Å²) in [5, 5.41) is 21.3. The van der Waals surface area contributed by atoms with Crippen LogP contribution in [0.4, 0.5) is 0 Å². The third kappa shape index (κ3) is 4.18. The van der Waals surface area contributed by atoms with E-state index in [-0.39, 0.29) is 30.6 Å². The summed E-state index contributed by atoms with van der Waals surface area (Å²) in [5.74, 6) is -1.62. The van der Waals surface area contributed by atoms with Crippen molar-refractivity contribution in [3.63, 3.8) is 0 Å². The Morgan fingerprint density at radius 3 is 2.62 bits per heavy atom. The maximum atomic E-state index is 13.3. The van der Waals surface area contributed by atoms with Crippen LogP contribution in [0.5, 0.6) is 5.75 Å². The molecule has 2 heterocycles. The molecule has 7 nitrogen and oxygen atoms in total. The third-order valence-corrected chi connectivity index (χ3v) is 5.70. The Balaban J connectivity index is 2.05. The molecular weight excluding hydrogens is 392 g/mol. The molecule has 8 heteroatoms. The molecule has 1 amide bonds. The van der Waals surface area contributed by atoms with E-state index in [9.17, 15) is 19.8 Å². The molecule has 0 saturated heterocycles. The van der Waals surface area contributed by atoms with Gasteiger partial charge in [-0.3, -0.25) is 9.59 Å². The number of thiazole rings is 1. The highest BCUT2D eigenvalue weighted by Gasteiger charge is 2.44. The molecule has 2 N–H and O–H groups in total. The topological polar surface area (TPSA) is 100.0 Å². The quantitative estimate of drug-likeness (QED) is 0.671. The van der Waals surface area contributed by atoms with Crippen molar-refractivity contribution < 1.29 is 24.5 Å². The van der Waals surface area contributed by atoms with E-state index in [4.69, 9.17) is 4.74 Å². The number of aromatic nitrogens is 1. The number of aliphatic hydroxyl groups excluding tert-OH is 1. The number of rotatable bonds is 7. The van der Waals surface area contributed by atoms with Crippen LogP contribution in [0.15, 0.2) is 35.6 Å². The van der Waals surface area contributed by atoms with E-state index < -0.39 is 23.5 Å². The lowest BCUT2D eigenvalue weighted by Crippen LogP contribution is -2.34. The summed E-state index contributed by atoms with van der Waals surface area (Å²) in [5.41, 5.74) is 1.09. The van der Waals surface area contributed by atoms with Gasteiger partial charge in [-0.15, -0.1) is 11.3 Å². The Hall–Kier alpha value is -2.71. The summed E-state index contributed by atoms with van der Waals surface area (Å²) in [4.78, 5) is 32.2. The first-order chi connectivity index (χ1) is 13.7. The molecule has 1 aliphatic heterocycles. The van der Waals surface area contributed by atoms with Gasteiger partial charge in [-0.1, -0.05) is 12.1 Å². The number of nitrogens with zero attached hydrogens (tertiary/aromatic N) is 2. The molecule has 0 spiro atoms. The van der Waals surface area contributed by atoms with Crippen molar-refractivity contribution in [2.75, 3.05) is 13.2 Å². The van der Waals surface area contributed by atoms with Gasteiger partial charge < -0.3 is 19.8 Å². The van der Waals surface area contributed by atoms with Crippen LogP contribution in [-0.2, 0) is 9.53 Å². The fourth-order valence-corrected chi connectivity index (χ4v) is 4.28.